The molecule has 7 nitrogen and oxygen atoms in total. The minimum atomic E-state index is -0.940. The number of carbonyl (C=O) groups is 3. The minimum absolute atomic E-state index is 0.156. The Morgan fingerprint density at radius 1 is 1.07 bits per heavy atom. The maximum Gasteiger partial charge on any atom is 0.308 e. The number of anilines is 1. The van der Waals surface area contributed by atoms with Crippen molar-refractivity contribution >= 4 is 34.4 Å². The molecule has 0 fully saturated rings. The van der Waals surface area contributed by atoms with Gasteiger partial charge in [0.1, 0.15) is 0 Å². The predicted octanol–water partition coefficient (Wildman–Crippen LogP) is 2.70. The maximum atomic E-state index is 12.2. The number of aromatic nitrogens is 1. The van der Waals surface area contributed by atoms with Crippen molar-refractivity contribution in [2.75, 3.05) is 5.32 Å². The maximum absolute atomic E-state index is 12.2. The molecule has 7 heteroatoms. The summed E-state index contributed by atoms with van der Waals surface area (Å²) in [6, 6.07) is 16.0. The molecule has 0 radical (unpaired) electrons. The molecule has 144 valence electrons. The second-order valence-corrected chi connectivity index (χ2v) is 6.38. The molecule has 1 aromatic heterocycles. The van der Waals surface area contributed by atoms with Gasteiger partial charge in [0.2, 0.25) is 5.91 Å². The average Bonchev–Trinajstić information content (AvgIpc) is 3.10. The number of aryl methyl sites for hydroxylation is 1. The van der Waals surface area contributed by atoms with Crippen molar-refractivity contribution in [3.8, 4) is 0 Å². The second-order valence-electron chi connectivity index (χ2n) is 6.38. The van der Waals surface area contributed by atoms with Crippen LogP contribution >= 0.6 is 0 Å². The average molecular weight is 379 g/mol. The van der Waals surface area contributed by atoms with Gasteiger partial charge < -0.3 is 20.4 Å². The highest BCUT2D eigenvalue weighted by atomic mass is 16.5. The van der Waals surface area contributed by atoms with Gasteiger partial charge in [0.05, 0.1) is 6.42 Å². The van der Waals surface area contributed by atoms with Crippen molar-refractivity contribution in [2.24, 2.45) is 5.73 Å². The van der Waals surface area contributed by atoms with E-state index in [1.54, 1.807) is 12.1 Å². The van der Waals surface area contributed by atoms with E-state index in [-0.39, 0.29) is 6.42 Å². The molecular formula is C21H21N3O4. The number of nitrogens with two attached hydrogens (primary N) is 1. The van der Waals surface area contributed by atoms with Crippen LogP contribution in [-0.4, -0.2) is 28.5 Å². The summed E-state index contributed by atoms with van der Waals surface area (Å²) in [5.74, 6) is -1.45. The number of esters is 1. The van der Waals surface area contributed by atoms with Crippen LogP contribution in [0.1, 0.15) is 23.7 Å². The van der Waals surface area contributed by atoms with Gasteiger partial charge >= 0.3 is 5.97 Å². The normalized spacial score (nSPS) is 11.8. The monoisotopic (exact) mass is 379 g/mol. The van der Waals surface area contributed by atoms with E-state index in [2.05, 4.69) is 5.32 Å². The third kappa shape index (κ3) is 4.56. The topological polar surface area (TPSA) is 103 Å². The third-order valence-corrected chi connectivity index (χ3v) is 4.35. The lowest BCUT2D eigenvalue weighted by Crippen LogP contribution is -2.30. The highest BCUT2D eigenvalue weighted by Gasteiger charge is 2.18. The van der Waals surface area contributed by atoms with Crippen LogP contribution in [0.25, 0.3) is 10.9 Å². The van der Waals surface area contributed by atoms with E-state index in [4.69, 9.17) is 10.5 Å². The number of benzene rings is 2. The fourth-order valence-corrected chi connectivity index (χ4v) is 2.82. The molecular weight excluding hydrogens is 358 g/mol. The Labute approximate surface area is 162 Å². The molecule has 3 aromatic rings. The molecule has 0 aliphatic carbocycles. The van der Waals surface area contributed by atoms with Gasteiger partial charge in [-0.1, -0.05) is 18.2 Å². The van der Waals surface area contributed by atoms with Crippen LogP contribution in [0.3, 0.4) is 0 Å². The third-order valence-electron chi connectivity index (χ3n) is 4.35. The number of ether oxygens (including phenoxy) is 1. The molecule has 0 bridgehead atoms. The van der Waals surface area contributed by atoms with Crippen LogP contribution in [0.5, 0.6) is 0 Å². The van der Waals surface area contributed by atoms with Crippen LogP contribution in [0.15, 0.2) is 60.8 Å². The number of hydrogen-bond acceptors (Lipinski definition) is 4. The highest BCUT2D eigenvalue weighted by Crippen LogP contribution is 2.16. The molecule has 28 heavy (non-hydrogen) atoms. The van der Waals surface area contributed by atoms with Gasteiger partial charge in [-0.3, -0.25) is 14.4 Å². The quantitative estimate of drug-likeness (QED) is 0.616. The van der Waals surface area contributed by atoms with Crippen LogP contribution in [0.2, 0.25) is 0 Å². The molecule has 0 aliphatic heterocycles. The number of amides is 2. The smallest absolute Gasteiger partial charge is 0.308 e. The summed E-state index contributed by atoms with van der Waals surface area (Å²) in [6.45, 7) is 1.98. The Hall–Kier alpha value is -3.61. The lowest BCUT2D eigenvalue weighted by atomic mass is 10.2. The van der Waals surface area contributed by atoms with E-state index >= 15 is 0 Å². The molecule has 3 rings (SSSR count). The molecule has 0 saturated carbocycles. The number of rotatable bonds is 7. The Morgan fingerprint density at radius 2 is 1.79 bits per heavy atom. The van der Waals surface area contributed by atoms with Crippen molar-refractivity contribution in [1.29, 1.82) is 0 Å². The lowest BCUT2D eigenvalue weighted by Gasteiger charge is -2.14. The van der Waals surface area contributed by atoms with E-state index in [1.165, 1.54) is 19.1 Å². The Bertz CT molecular complexity index is 1010. The van der Waals surface area contributed by atoms with Gasteiger partial charge in [0.15, 0.2) is 6.10 Å². The first-order valence-corrected chi connectivity index (χ1v) is 8.88. The summed E-state index contributed by atoms with van der Waals surface area (Å²) in [4.78, 5) is 35.3. The molecule has 0 saturated heterocycles. The Balaban J connectivity index is 1.50. The van der Waals surface area contributed by atoms with Gasteiger partial charge in [0.25, 0.3) is 5.91 Å². The zero-order valence-electron chi connectivity index (χ0n) is 15.4. The van der Waals surface area contributed by atoms with E-state index < -0.39 is 23.9 Å². The zero-order chi connectivity index (χ0) is 20.1. The van der Waals surface area contributed by atoms with Crippen LogP contribution < -0.4 is 11.1 Å². The lowest BCUT2D eigenvalue weighted by molar-refractivity contribution is -0.153. The molecule has 0 aliphatic rings. The van der Waals surface area contributed by atoms with Crippen molar-refractivity contribution in [1.82, 2.24) is 4.57 Å². The number of para-hydroxylation sites is 1. The van der Waals surface area contributed by atoms with Crippen molar-refractivity contribution in [3.05, 3.63) is 66.4 Å². The van der Waals surface area contributed by atoms with Crippen molar-refractivity contribution < 1.29 is 19.1 Å². The van der Waals surface area contributed by atoms with Crippen LogP contribution in [0, 0.1) is 0 Å². The summed E-state index contributed by atoms with van der Waals surface area (Å²) in [5, 5.41) is 3.74. The number of nitrogens with one attached hydrogen (secondary N) is 1. The molecule has 2 amide bonds. The van der Waals surface area contributed by atoms with E-state index in [1.807, 2.05) is 41.1 Å². The summed E-state index contributed by atoms with van der Waals surface area (Å²) in [6.07, 6.45) is 1.14. The van der Waals surface area contributed by atoms with Crippen LogP contribution in [0.4, 0.5) is 5.69 Å². The predicted molar refractivity (Wildman–Crippen MR) is 106 cm³/mol. The second kappa shape index (κ2) is 8.39. The summed E-state index contributed by atoms with van der Waals surface area (Å²) in [7, 11) is 0. The molecule has 3 N–H and O–H groups in total. The first-order chi connectivity index (χ1) is 13.4. The minimum Gasteiger partial charge on any atom is -0.452 e. The number of hydrogen-bond donors (Lipinski definition) is 2. The Kier molecular flexibility index (Phi) is 5.74. The summed E-state index contributed by atoms with van der Waals surface area (Å²) in [5.41, 5.74) is 7.04. The Morgan fingerprint density at radius 3 is 2.50 bits per heavy atom. The standard InChI is InChI=1S/C21H21N3O4/c1-14(21(27)23-17-8-6-16(7-9-17)20(22)26)28-19(25)11-13-24-12-10-15-4-2-3-5-18(15)24/h2-10,12,14H,11,13H2,1H3,(H2,22,26)(H,23,27)/t14-/m1/s1. The van der Waals surface area contributed by atoms with Gasteiger partial charge in [-0.25, -0.2) is 0 Å². The highest BCUT2D eigenvalue weighted by molar-refractivity contribution is 5.96. The van der Waals surface area contributed by atoms with E-state index in [0.29, 0.717) is 17.8 Å². The molecule has 1 atom stereocenters. The van der Waals surface area contributed by atoms with Gasteiger partial charge in [-0.15, -0.1) is 0 Å². The number of primary amides is 1. The van der Waals surface area contributed by atoms with Crippen molar-refractivity contribution in [2.45, 2.75) is 26.0 Å². The molecule has 2 aromatic carbocycles. The summed E-state index contributed by atoms with van der Waals surface area (Å²) >= 11 is 0. The largest absolute Gasteiger partial charge is 0.452 e. The van der Waals surface area contributed by atoms with Gasteiger partial charge in [0, 0.05) is 29.5 Å². The van der Waals surface area contributed by atoms with Gasteiger partial charge in [-0.05, 0) is 48.7 Å². The number of fused-ring (bicyclic) bond motifs is 1. The fraction of sp³-hybridized carbons (Fsp3) is 0.190. The van der Waals surface area contributed by atoms with Gasteiger partial charge in [-0.2, -0.15) is 0 Å². The molecule has 0 unspecified atom stereocenters. The van der Waals surface area contributed by atoms with Crippen LogP contribution in [-0.2, 0) is 20.9 Å². The van der Waals surface area contributed by atoms with Crippen molar-refractivity contribution in [3.63, 3.8) is 0 Å². The van der Waals surface area contributed by atoms with E-state index in [9.17, 15) is 14.4 Å². The molecule has 1 heterocycles. The number of nitrogens with zero attached hydrogens (tertiary/aromatic N) is 1. The fourth-order valence-electron chi connectivity index (χ4n) is 2.82. The van der Waals surface area contributed by atoms with E-state index in [0.717, 1.165) is 10.9 Å². The summed E-state index contributed by atoms with van der Waals surface area (Å²) < 4.78 is 7.19. The first kappa shape index (κ1) is 19.2. The zero-order valence-corrected chi connectivity index (χ0v) is 15.4. The SMILES string of the molecule is C[C@@H](OC(=O)CCn1ccc2ccccc21)C(=O)Nc1ccc(C(N)=O)cc1. The first-order valence-electron chi connectivity index (χ1n) is 8.88. The number of carbonyl (C=O) groups excluding carboxylic acids is 3. The molecule has 0 spiro atoms.